The van der Waals surface area contributed by atoms with Gasteiger partial charge in [-0.25, -0.2) is 9.37 Å². The summed E-state index contributed by atoms with van der Waals surface area (Å²) in [6.45, 7) is 1.37. The van der Waals surface area contributed by atoms with Gasteiger partial charge in [0.2, 0.25) is 5.82 Å². The number of benzene rings is 1. The smallest absolute Gasteiger partial charge is 0.292 e. The Labute approximate surface area is 162 Å². The summed E-state index contributed by atoms with van der Waals surface area (Å²) < 4.78 is 14.6. The summed E-state index contributed by atoms with van der Waals surface area (Å²) in [5.74, 6) is -1.13. The van der Waals surface area contributed by atoms with Crippen LogP contribution in [-0.2, 0) is 0 Å². The van der Waals surface area contributed by atoms with Crippen molar-refractivity contribution in [1.82, 2.24) is 19.6 Å². The fourth-order valence-electron chi connectivity index (χ4n) is 2.77. The van der Waals surface area contributed by atoms with E-state index in [2.05, 4.69) is 15.6 Å². The summed E-state index contributed by atoms with van der Waals surface area (Å²) in [7, 11) is 3.94. The molecule has 2 aromatic heterocycles. The second-order valence-corrected chi connectivity index (χ2v) is 6.61. The highest BCUT2D eigenvalue weighted by atomic mass is 19.1. The maximum atomic E-state index is 13.0. The minimum atomic E-state index is -0.487. The first-order valence-electron chi connectivity index (χ1n) is 8.92. The number of halogens is 1. The van der Waals surface area contributed by atoms with E-state index in [1.165, 1.54) is 24.3 Å². The van der Waals surface area contributed by atoms with Crippen LogP contribution >= 0.6 is 0 Å². The van der Waals surface area contributed by atoms with E-state index < -0.39 is 11.7 Å². The van der Waals surface area contributed by atoms with Gasteiger partial charge in [0.25, 0.3) is 11.8 Å². The predicted molar refractivity (Wildman–Crippen MR) is 105 cm³/mol. The van der Waals surface area contributed by atoms with E-state index in [9.17, 15) is 14.0 Å². The lowest BCUT2D eigenvalue weighted by atomic mass is 10.3. The Kier molecular flexibility index (Phi) is 6.00. The van der Waals surface area contributed by atoms with Crippen molar-refractivity contribution in [3.05, 3.63) is 66.0 Å². The first-order valence-corrected chi connectivity index (χ1v) is 8.92. The molecule has 1 aromatic carbocycles. The number of nitrogens with zero attached hydrogens (tertiary/aromatic N) is 3. The molecule has 0 fully saturated rings. The Morgan fingerprint density at radius 1 is 1.11 bits per heavy atom. The highest BCUT2D eigenvalue weighted by Crippen LogP contribution is 2.15. The van der Waals surface area contributed by atoms with Crippen LogP contribution in [0.1, 0.15) is 27.5 Å². The number of amides is 2. The molecule has 146 valence electrons. The number of hydrogen-bond donors (Lipinski definition) is 2. The number of aromatic nitrogens is 2. The second-order valence-electron chi connectivity index (χ2n) is 6.61. The molecular formula is C20H22FN5O2. The summed E-state index contributed by atoms with van der Waals surface area (Å²) in [6, 6.07) is 10.7. The topological polar surface area (TPSA) is 78.7 Å². The van der Waals surface area contributed by atoms with Crippen molar-refractivity contribution >= 4 is 23.0 Å². The lowest BCUT2D eigenvalue weighted by Gasteiger charge is -2.09. The molecule has 0 saturated carbocycles. The number of carbonyl (C=O) groups is 2. The van der Waals surface area contributed by atoms with Crippen LogP contribution in [0, 0.1) is 5.82 Å². The van der Waals surface area contributed by atoms with Gasteiger partial charge in [-0.3, -0.25) is 14.0 Å². The van der Waals surface area contributed by atoms with Crippen LogP contribution in [0.2, 0.25) is 0 Å². The SMILES string of the molecule is CN(C)CCCNC(=O)c1nc(C(=O)Nc2ccc(F)cc2)n2ccccc12. The summed E-state index contributed by atoms with van der Waals surface area (Å²) in [5, 5.41) is 5.51. The highest BCUT2D eigenvalue weighted by Gasteiger charge is 2.21. The summed E-state index contributed by atoms with van der Waals surface area (Å²) in [6.07, 6.45) is 2.48. The third kappa shape index (κ3) is 4.52. The molecule has 0 radical (unpaired) electrons. The van der Waals surface area contributed by atoms with Gasteiger partial charge in [-0.2, -0.15) is 0 Å². The van der Waals surface area contributed by atoms with Crippen molar-refractivity contribution in [2.75, 3.05) is 32.5 Å². The van der Waals surface area contributed by atoms with Crippen molar-refractivity contribution < 1.29 is 14.0 Å². The van der Waals surface area contributed by atoms with Crippen LogP contribution in [-0.4, -0.2) is 53.3 Å². The average molecular weight is 383 g/mol. The normalized spacial score (nSPS) is 11.0. The van der Waals surface area contributed by atoms with E-state index in [-0.39, 0.29) is 17.4 Å². The predicted octanol–water partition coefficient (Wildman–Crippen LogP) is 2.41. The molecule has 2 heterocycles. The fraction of sp³-hybridized carbons (Fsp3) is 0.250. The number of carbonyl (C=O) groups excluding carboxylic acids is 2. The van der Waals surface area contributed by atoms with Gasteiger partial charge < -0.3 is 15.5 Å². The molecule has 3 rings (SSSR count). The van der Waals surface area contributed by atoms with Gasteiger partial charge in [0.05, 0.1) is 5.52 Å². The summed E-state index contributed by atoms with van der Waals surface area (Å²) >= 11 is 0. The molecule has 0 saturated heterocycles. The third-order valence-electron chi connectivity index (χ3n) is 4.14. The first-order chi connectivity index (χ1) is 13.5. The fourth-order valence-corrected chi connectivity index (χ4v) is 2.77. The number of hydrogen-bond acceptors (Lipinski definition) is 4. The number of pyridine rings is 1. The van der Waals surface area contributed by atoms with Gasteiger partial charge in [-0.1, -0.05) is 6.07 Å². The van der Waals surface area contributed by atoms with Crippen LogP contribution in [0.4, 0.5) is 10.1 Å². The maximum absolute atomic E-state index is 13.0. The molecule has 0 atom stereocenters. The van der Waals surface area contributed by atoms with Crippen LogP contribution in [0.25, 0.3) is 5.52 Å². The Balaban J connectivity index is 1.80. The first kappa shape index (κ1) is 19.5. The van der Waals surface area contributed by atoms with Gasteiger partial charge in [-0.05, 0) is 63.5 Å². The molecule has 28 heavy (non-hydrogen) atoms. The van der Waals surface area contributed by atoms with Gasteiger partial charge in [-0.15, -0.1) is 0 Å². The van der Waals surface area contributed by atoms with Crippen LogP contribution in [0.5, 0.6) is 0 Å². The zero-order valence-electron chi connectivity index (χ0n) is 15.8. The quantitative estimate of drug-likeness (QED) is 0.614. The van der Waals surface area contributed by atoms with Gasteiger partial charge >= 0.3 is 0 Å². The van der Waals surface area contributed by atoms with Crippen molar-refractivity contribution in [3.8, 4) is 0 Å². The van der Waals surface area contributed by atoms with E-state index in [1.54, 1.807) is 28.8 Å². The molecule has 0 aliphatic carbocycles. The lowest BCUT2D eigenvalue weighted by molar-refractivity contribution is 0.0949. The average Bonchev–Trinajstić information content (AvgIpc) is 3.07. The molecule has 0 spiro atoms. The van der Waals surface area contributed by atoms with Crippen molar-refractivity contribution in [1.29, 1.82) is 0 Å². The van der Waals surface area contributed by atoms with E-state index in [0.29, 0.717) is 17.7 Å². The van der Waals surface area contributed by atoms with Crippen LogP contribution in [0.15, 0.2) is 48.7 Å². The highest BCUT2D eigenvalue weighted by molar-refractivity contribution is 6.06. The summed E-state index contributed by atoms with van der Waals surface area (Å²) in [4.78, 5) is 31.5. The number of fused-ring (bicyclic) bond motifs is 1. The number of anilines is 1. The molecule has 0 unspecified atom stereocenters. The molecule has 3 aromatic rings. The van der Waals surface area contributed by atoms with E-state index >= 15 is 0 Å². The van der Waals surface area contributed by atoms with Gasteiger partial charge in [0.15, 0.2) is 5.69 Å². The third-order valence-corrected chi connectivity index (χ3v) is 4.14. The standard InChI is InChI=1S/C20H22FN5O2/c1-25(2)12-5-11-22-19(27)17-16-6-3-4-13-26(16)18(24-17)20(28)23-15-9-7-14(21)8-10-15/h3-4,6-10,13H,5,11-12H2,1-2H3,(H,22,27)(H,23,28). The van der Waals surface area contributed by atoms with Gasteiger partial charge in [0.1, 0.15) is 5.82 Å². The Morgan fingerprint density at radius 3 is 2.57 bits per heavy atom. The number of nitrogens with one attached hydrogen (secondary N) is 2. The van der Waals surface area contributed by atoms with Crippen LogP contribution in [0.3, 0.4) is 0 Å². The molecule has 0 aliphatic rings. The Bertz CT molecular complexity index is 982. The molecule has 0 bridgehead atoms. The molecule has 2 amide bonds. The monoisotopic (exact) mass is 383 g/mol. The number of imidazole rings is 1. The second kappa shape index (κ2) is 8.62. The number of rotatable bonds is 7. The molecule has 8 heteroatoms. The Morgan fingerprint density at radius 2 is 1.86 bits per heavy atom. The van der Waals surface area contributed by atoms with Crippen molar-refractivity contribution in [3.63, 3.8) is 0 Å². The van der Waals surface area contributed by atoms with Crippen LogP contribution < -0.4 is 10.6 Å². The molecule has 2 N–H and O–H groups in total. The maximum Gasteiger partial charge on any atom is 0.292 e. The van der Waals surface area contributed by atoms with Crippen molar-refractivity contribution in [2.45, 2.75) is 6.42 Å². The molecular weight excluding hydrogens is 361 g/mol. The zero-order valence-corrected chi connectivity index (χ0v) is 15.8. The van der Waals surface area contributed by atoms with E-state index in [0.717, 1.165) is 13.0 Å². The molecule has 0 aliphatic heterocycles. The zero-order chi connectivity index (χ0) is 20.1. The van der Waals surface area contributed by atoms with E-state index in [1.807, 2.05) is 19.0 Å². The van der Waals surface area contributed by atoms with Crippen molar-refractivity contribution in [2.24, 2.45) is 0 Å². The summed E-state index contributed by atoms with van der Waals surface area (Å²) in [5.41, 5.74) is 1.17. The minimum absolute atomic E-state index is 0.0818. The van der Waals surface area contributed by atoms with Gasteiger partial charge in [0, 0.05) is 18.4 Å². The molecule has 7 nitrogen and oxygen atoms in total. The van der Waals surface area contributed by atoms with E-state index in [4.69, 9.17) is 0 Å². The minimum Gasteiger partial charge on any atom is -0.351 e. The lowest BCUT2D eigenvalue weighted by Crippen LogP contribution is -2.27. The Hall–Kier alpha value is -3.26. The largest absolute Gasteiger partial charge is 0.351 e.